The molecule has 0 aliphatic carbocycles. The van der Waals surface area contributed by atoms with E-state index in [9.17, 15) is 4.79 Å². The molecule has 1 amide bonds. The number of halogens is 1. The molecule has 0 aliphatic heterocycles. The van der Waals surface area contributed by atoms with Gasteiger partial charge in [0.15, 0.2) is 0 Å². The van der Waals surface area contributed by atoms with Crippen molar-refractivity contribution < 1.29 is 4.79 Å². The van der Waals surface area contributed by atoms with Gasteiger partial charge in [-0.25, -0.2) is 0 Å². The lowest BCUT2D eigenvalue weighted by Crippen LogP contribution is -2.27. The summed E-state index contributed by atoms with van der Waals surface area (Å²) in [6.45, 7) is 3.92. The number of aryl methyl sites for hydroxylation is 1. The normalized spacial score (nSPS) is 11.9. The second-order valence-corrected chi connectivity index (χ2v) is 5.21. The predicted molar refractivity (Wildman–Crippen MR) is 79.0 cm³/mol. The molecule has 2 aromatic rings. The van der Waals surface area contributed by atoms with Crippen molar-refractivity contribution in [1.82, 2.24) is 10.3 Å². The van der Waals surface area contributed by atoms with Crippen LogP contribution in [0.2, 0.25) is 0 Å². The highest BCUT2D eigenvalue weighted by atomic mass is 79.9. The SMILES string of the molecule is Cc1cccc(C(=O)NC(C)c2ccncc2)c1Br. The van der Waals surface area contributed by atoms with Crippen molar-refractivity contribution in [1.29, 1.82) is 0 Å². The lowest BCUT2D eigenvalue weighted by Gasteiger charge is -2.15. The molecule has 98 valence electrons. The topological polar surface area (TPSA) is 42.0 Å². The molecule has 3 nitrogen and oxygen atoms in total. The number of carbonyl (C=O) groups excluding carboxylic acids is 1. The van der Waals surface area contributed by atoms with E-state index in [-0.39, 0.29) is 11.9 Å². The van der Waals surface area contributed by atoms with Crippen LogP contribution in [0.5, 0.6) is 0 Å². The van der Waals surface area contributed by atoms with Crippen LogP contribution in [-0.4, -0.2) is 10.9 Å². The Morgan fingerprint density at radius 1 is 1.26 bits per heavy atom. The van der Waals surface area contributed by atoms with E-state index in [1.54, 1.807) is 12.4 Å². The van der Waals surface area contributed by atoms with Gasteiger partial charge in [-0.05, 0) is 59.1 Å². The standard InChI is InChI=1S/C15H15BrN2O/c1-10-4-3-5-13(14(10)16)15(19)18-11(2)12-6-8-17-9-7-12/h3-9,11H,1-2H3,(H,18,19). The third kappa shape index (κ3) is 3.20. The van der Waals surface area contributed by atoms with E-state index in [4.69, 9.17) is 0 Å². The van der Waals surface area contributed by atoms with Gasteiger partial charge >= 0.3 is 0 Å². The van der Waals surface area contributed by atoms with Crippen LogP contribution in [0.3, 0.4) is 0 Å². The second-order valence-electron chi connectivity index (χ2n) is 4.41. The summed E-state index contributed by atoms with van der Waals surface area (Å²) in [5.74, 6) is -0.0834. The lowest BCUT2D eigenvalue weighted by atomic mass is 10.1. The van der Waals surface area contributed by atoms with E-state index >= 15 is 0 Å². The number of benzene rings is 1. The Labute approximate surface area is 121 Å². The highest BCUT2D eigenvalue weighted by Crippen LogP contribution is 2.22. The number of nitrogens with one attached hydrogen (secondary N) is 1. The summed E-state index contributed by atoms with van der Waals surface area (Å²) in [4.78, 5) is 16.2. The maximum Gasteiger partial charge on any atom is 0.252 e. The summed E-state index contributed by atoms with van der Waals surface area (Å²) < 4.78 is 0.842. The van der Waals surface area contributed by atoms with Gasteiger partial charge in [0.1, 0.15) is 0 Å². The van der Waals surface area contributed by atoms with Crippen LogP contribution in [0, 0.1) is 6.92 Å². The molecule has 1 heterocycles. The van der Waals surface area contributed by atoms with Crippen LogP contribution in [0.1, 0.15) is 34.5 Å². The number of carbonyl (C=O) groups is 1. The molecule has 0 spiro atoms. The molecule has 0 fully saturated rings. The van der Waals surface area contributed by atoms with Crippen molar-refractivity contribution in [2.24, 2.45) is 0 Å². The van der Waals surface area contributed by atoms with Gasteiger partial charge in [-0.3, -0.25) is 9.78 Å². The summed E-state index contributed by atoms with van der Waals surface area (Å²) in [6, 6.07) is 9.40. The molecule has 1 atom stereocenters. The van der Waals surface area contributed by atoms with Crippen LogP contribution in [0.15, 0.2) is 47.2 Å². The van der Waals surface area contributed by atoms with E-state index in [0.717, 1.165) is 15.6 Å². The van der Waals surface area contributed by atoms with Crippen LogP contribution in [0.25, 0.3) is 0 Å². The Hall–Kier alpha value is -1.68. The zero-order chi connectivity index (χ0) is 13.8. The highest BCUT2D eigenvalue weighted by molar-refractivity contribution is 9.10. The quantitative estimate of drug-likeness (QED) is 0.938. The minimum absolute atomic E-state index is 0.0529. The van der Waals surface area contributed by atoms with E-state index in [1.165, 1.54) is 0 Å². The first-order valence-electron chi connectivity index (χ1n) is 6.05. The summed E-state index contributed by atoms with van der Waals surface area (Å²) in [7, 11) is 0. The van der Waals surface area contributed by atoms with Gasteiger partial charge in [0, 0.05) is 16.9 Å². The van der Waals surface area contributed by atoms with Gasteiger partial charge in [-0.2, -0.15) is 0 Å². The largest absolute Gasteiger partial charge is 0.345 e. The summed E-state index contributed by atoms with van der Waals surface area (Å²) >= 11 is 3.46. The average molecular weight is 319 g/mol. The molecular formula is C15H15BrN2O. The number of hydrogen-bond acceptors (Lipinski definition) is 2. The second kappa shape index (κ2) is 5.97. The Morgan fingerprint density at radius 2 is 1.95 bits per heavy atom. The zero-order valence-electron chi connectivity index (χ0n) is 10.9. The molecule has 4 heteroatoms. The Morgan fingerprint density at radius 3 is 2.63 bits per heavy atom. The van der Waals surface area contributed by atoms with Crippen molar-refractivity contribution in [2.75, 3.05) is 0 Å². The van der Waals surface area contributed by atoms with Gasteiger partial charge in [0.25, 0.3) is 5.91 Å². The average Bonchev–Trinajstić information content (AvgIpc) is 2.42. The third-order valence-corrected chi connectivity index (χ3v) is 4.04. The number of pyridine rings is 1. The van der Waals surface area contributed by atoms with Crippen LogP contribution >= 0.6 is 15.9 Å². The van der Waals surface area contributed by atoms with Crippen LogP contribution in [0.4, 0.5) is 0 Å². The molecular weight excluding hydrogens is 304 g/mol. The molecule has 0 aliphatic rings. The minimum Gasteiger partial charge on any atom is -0.345 e. The fourth-order valence-corrected chi connectivity index (χ4v) is 2.28. The molecule has 0 saturated heterocycles. The summed E-state index contributed by atoms with van der Waals surface area (Å²) in [6.07, 6.45) is 3.45. The maximum absolute atomic E-state index is 12.2. The fraction of sp³-hybridized carbons (Fsp3) is 0.200. The molecule has 2 rings (SSSR count). The Bertz CT molecular complexity index is 584. The lowest BCUT2D eigenvalue weighted by molar-refractivity contribution is 0.0939. The molecule has 0 bridgehead atoms. The third-order valence-electron chi connectivity index (χ3n) is 2.99. The highest BCUT2D eigenvalue weighted by Gasteiger charge is 2.14. The number of aromatic nitrogens is 1. The van der Waals surface area contributed by atoms with Crippen molar-refractivity contribution in [2.45, 2.75) is 19.9 Å². The number of hydrogen-bond donors (Lipinski definition) is 1. The molecule has 0 saturated carbocycles. The van der Waals surface area contributed by atoms with Crippen molar-refractivity contribution in [3.63, 3.8) is 0 Å². The Kier molecular flexibility index (Phi) is 4.32. The van der Waals surface area contributed by atoms with Gasteiger partial charge in [0.2, 0.25) is 0 Å². The van der Waals surface area contributed by atoms with Gasteiger partial charge in [-0.1, -0.05) is 12.1 Å². The molecule has 19 heavy (non-hydrogen) atoms. The number of rotatable bonds is 3. The number of nitrogens with zero attached hydrogens (tertiary/aromatic N) is 1. The monoisotopic (exact) mass is 318 g/mol. The number of amides is 1. The predicted octanol–water partition coefficient (Wildman–Crippen LogP) is 3.64. The minimum atomic E-state index is -0.0834. The first-order chi connectivity index (χ1) is 9.09. The van der Waals surface area contributed by atoms with Crippen molar-refractivity contribution in [3.8, 4) is 0 Å². The Balaban J connectivity index is 2.16. The zero-order valence-corrected chi connectivity index (χ0v) is 12.4. The van der Waals surface area contributed by atoms with Gasteiger partial charge in [0.05, 0.1) is 11.6 Å². The van der Waals surface area contributed by atoms with Crippen LogP contribution < -0.4 is 5.32 Å². The van der Waals surface area contributed by atoms with Crippen molar-refractivity contribution >= 4 is 21.8 Å². The van der Waals surface area contributed by atoms with Crippen LogP contribution in [-0.2, 0) is 0 Å². The van der Waals surface area contributed by atoms with E-state index in [1.807, 2.05) is 44.2 Å². The summed E-state index contributed by atoms with van der Waals surface area (Å²) in [5, 5.41) is 2.98. The molecule has 1 aromatic carbocycles. The van der Waals surface area contributed by atoms with Gasteiger partial charge in [-0.15, -0.1) is 0 Å². The van der Waals surface area contributed by atoms with Crippen molar-refractivity contribution in [3.05, 3.63) is 63.9 Å². The fourth-order valence-electron chi connectivity index (χ4n) is 1.83. The first kappa shape index (κ1) is 13.7. The van der Waals surface area contributed by atoms with E-state index in [0.29, 0.717) is 5.56 Å². The molecule has 0 radical (unpaired) electrons. The van der Waals surface area contributed by atoms with E-state index < -0.39 is 0 Å². The molecule has 1 unspecified atom stereocenters. The van der Waals surface area contributed by atoms with E-state index in [2.05, 4.69) is 26.2 Å². The molecule has 1 N–H and O–H groups in total. The smallest absolute Gasteiger partial charge is 0.252 e. The van der Waals surface area contributed by atoms with Gasteiger partial charge < -0.3 is 5.32 Å². The summed E-state index contributed by atoms with van der Waals surface area (Å²) in [5.41, 5.74) is 2.73. The molecule has 1 aromatic heterocycles. The first-order valence-corrected chi connectivity index (χ1v) is 6.85. The maximum atomic E-state index is 12.2.